The van der Waals surface area contributed by atoms with Crippen LogP contribution in [0.4, 0.5) is 0 Å². The van der Waals surface area contributed by atoms with E-state index >= 15 is 0 Å². The first-order chi connectivity index (χ1) is 14.1. The van der Waals surface area contributed by atoms with Crippen LogP contribution in [0.1, 0.15) is 28.5 Å². The van der Waals surface area contributed by atoms with E-state index in [1.807, 2.05) is 31.2 Å². The van der Waals surface area contributed by atoms with Gasteiger partial charge in [-0.25, -0.2) is 0 Å². The van der Waals surface area contributed by atoms with Crippen molar-refractivity contribution in [3.63, 3.8) is 0 Å². The normalized spacial score (nSPS) is 10.8. The molecule has 7 nitrogen and oxygen atoms in total. The largest absolute Gasteiger partial charge is 0.496 e. The second-order valence-corrected chi connectivity index (χ2v) is 6.42. The number of hydrogen-bond acceptors (Lipinski definition) is 5. The molecule has 0 saturated heterocycles. The van der Waals surface area contributed by atoms with Crippen molar-refractivity contribution < 1.29 is 23.7 Å². The van der Waals surface area contributed by atoms with Gasteiger partial charge in [-0.15, -0.1) is 0 Å². The lowest BCUT2D eigenvalue weighted by Crippen LogP contribution is -2.23. The molecule has 0 aliphatic rings. The number of hydrogen-bond donors (Lipinski definition) is 2. The summed E-state index contributed by atoms with van der Waals surface area (Å²) >= 11 is 0. The van der Waals surface area contributed by atoms with Gasteiger partial charge in [-0.2, -0.15) is 0 Å². The Kier molecular flexibility index (Phi) is 6.61. The number of benzene rings is 2. The molecule has 1 amide bonds. The number of fused-ring (bicyclic) bond motifs is 1. The summed E-state index contributed by atoms with van der Waals surface area (Å²) in [5, 5.41) is 3.67. The maximum Gasteiger partial charge on any atom is 0.268 e. The van der Waals surface area contributed by atoms with Gasteiger partial charge in [0.2, 0.25) is 0 Å². The molecule has 0 saturated carbocycles. The number of aromatic amines is 1. The van der Waals surface area contributed by atoms with Crippen molar-refractivity contribution in [2.45, 2.75) is 20.1 Å². The van der Waals surface area contributed by atoms with Gasteiger partial charge in [-0.05, 0) is 24.1 Å². The number of H-pyrrole nitrogens is 1. The summed E-state index contributed by atoms with van der Waals surface area (Å²) in [7, 11) is 4.68. The molecule has 0 fully saturated rings. The molecule has 3 rings (SSSR count). The average molecular weight is 398 g/mol. The summed E-state index contributed by atoms with van der Waals surface area (Å²) in [6, 6.07) is 11.5. The minimum Gasteiger partial charge on any atom is -0.496 e. The minimum absolute atomic E-state index is 0.220. The SMILES string of the molecule is CCOCc1ccc(CNC(=O)c2cc3c(OC)cc(OC)c(OC)c3[nH]2)cc1. The standard InChI is InChI=1S/C22H26N2O5/c1-5-29-13-15-8-6-14(7-9-15)12-23-22(25)17-10-16-18(26-2)11-19(27-3)21(28-4)20(16)24-17/h6-11,24H,5,12-13H2,1-4H3,(H,23,25). The van der Waals surface area contributed by atoms with Gasteiger partial charge >= 0.3 is 0 Å². The molecule has 3 aromatic rings. The maximum absolute atomic E-state index is 12.7. The Bertz CT molecular complexity index is 979. The number of carbonyl (C=O) groups excluding carboxylic acids is 1. The summed E-state index contributed by atoms with van der Waals surface area (Å²) in [6.45, 7) is 3.66. The molecule has 7 heteroatoms. The van der Waals surface area contributed by atoms with E-state index in [1.54, 1.807) is 33.5 Å². The van der Waals surface area contributed by atoms with Crippen LogP contribution in [0.3, 0.4) is 0 Å². The third kappa shape index (κ3) is 4.46. The molecule has 29 heavy (non-hydrogen) atoms. The number of amides is 1. The monoisotopic (exact) mass is 398 g/mol. The van der Waals surface area contributed by atoms with Gasteiger partial charge in [-0.3, -0.25) is 4.79 Å². The molecule has 1 heterocycles. The zero-order valence-corrected chi connectivity index (χ0v) is 17.1. The molecule has 0 radical (unpaired) electrons. The quantitative estimate of drug-likeness (QED) is 0.575. The first kappa shape index (κ1) is 20.5. The van der Waals surface area contributed by atoms with E-state index < -0.39 is 0 Å². The van der Waals surface area contributed by atoms with Gasteiger partial charge in [-0.1, -0.05) is 24.3 Å². The van der Waals surface area contributed by atoms with E-state index in [0.29, 0.717) is 48.2 Å². The van der Waals surface area contributed by atoms with E-state index in [4.69, 9.17) is 18.9 Å². The molecule has 0 spiro atoms. The predicted octanol–water partition coefficient (Wildman–Crippen LogP) is 3.66. The topological polar surface area (TPSA) is 81.8 Å². The van der Waals surface area contributed by atoms with Gasteiger partial charge in [0.05, 0.1) is 33.5 Å². The molecule has 0 aliphatic carbocycles. The summed E-state index contributed by atoms with van der Waals surface area (Å²) < 4.78 is 21.6. The number of ether oxygens (including phenoxy) is 4. The van der Waals surface area contributed by atoms with Crippen LogP contribution < -0.4 is 19.5 Å². The van der Waals surface area contributed by atoms with Crippen LogP contribution in [0.2, 0.25) is 0 Å². The van der Waals surface area contributed by atoms with Crippen molar-refractivity contribution in [1.29, 1.82) is 0 Å². The zero-order valence-electron chi connectivity index (χ0n) is 17.1. The maximum atomic E-state index is 12.7. The van der Waals surface area contributed by atoms with Crippen LogP contribution >= 0.6 is 0 Å². The summed E-state index contributed by atoms with van der Waals surface area (Å²) in [5.41, 5.74) is 3.17. The van der Waals surface area contributed by atoms with Crippen molar-refractivity contribution in [2.24, 2.45) is 0 Å². The number of rotatable bonds is 9. The minimum atomic E-state index is -0.220. The molecular formula is C22H26N2O5. The number of carbonyl (C=O) groups is 1. The number of methoxy groups -OCH3 is 3. The van der Waals surface area contributed by atoms with Crippen LogP contribution in [0.15, 0.2) is 36.4 Å². The van der Waals surface area contributed by atoms with Crippen molar-refractivity contribution in [3.8, 4) is 17.2 Å². The lowest BCUT2D eigenvalue weighted by molar-refractivity contribution is 0.0946. The van der Waals surface area contributed by atoms with Crippen molar-refractivity contribution >= 4 is 16.8 Å². The molecule has 2 aromatic carbocycles. The van der Waals surface area contributed by atoms with Crippen LogP contribution in [0.5, 0.6) is 17.2 Å². The van der Waals surface area contributed by atoms with Crippen LogP contribution in [0.25, 0.3) is 10.9 Å². The molecule has 154 valence electrons. The zero-order chi connectivity index (χ0) is 20.8. The summed E-state index contributed by atoms with van der Waals surface area (Å²) in [6.07, 6.45) is 0. The fraction of sp³-hybridized carbons (Fsp3) is 0.318. The van der Waals surface area contributed by atoms with Crippen LogP contribution in [-0.4, -0.2) is 38.8 Å². The first-order valence-electron chi connectivity index (χ1n) is 9.36. The first-order valence-corrected chi connectivity index (χ1v) is 9.36. The summed E-state index contributed by atoms with van der Waals surface area (Å²) in [4.78, 5) is 15.8. The molecule has 0 aliphatic heterocycles. The van der Waals surface area contributed by atoms with Gasteiger partial charge in [0, 0.05) is 24.6 Å². The van der Waals surface area contributed by atoms with Crippen molar-refractivity contribution in [2.75, 3.05) is 27.9 Å². The molecular weight excluding hydrogens is 372 g/mol. The smallest absolute Gasteiger partial charge is 0.268 e. The highest BCUT2D eigenvalue weighted by molar-refractivity contribution is 6.02. The third-order valence-corrected chi connectivity index (χ3v) is 4.63. The second kappa shape index (κ2) is 9.34. The van der Waals surface area contributed by atoms with E-state index in [-0.39, 0.29) is 5.91 Å². The van der Waals surface area contributed by atoms with Crippen molar-refractivity contribution in [3.05, 3.63) is 53.2 Å². The highest BCUT2D eigenvalue weighted by Crippen LogP contribution is 2.41. The summed E-state index contributed by atoms with van der Waals surface area (Å²) in [5.74, 6) is 1.42. The number of aromatic nitrogens is 1. The van der Waals surface area contributed by atoms with Gasteiger partial charge in [0.1, 0.15) is 11.4 Å². The Hall–Kier alpha value is -3.19. The number of nitrogens with one attached hydrogen (secondary N) is 2. The lowest BCUT2D eigenvalue weighted by atomic mass is 10.1. The second-order valence-electron chi connectivity index (χ2n) is 6.42. The Morgan fingerprint density at radius 2 is 1.66 bits per heavy atom. The Labute approximate surface area is 169 Å². The van der Waals surface area contributed by atoms with E-state index in [2.05, 4.69) is 10.3 Å². The van der Waals surface area contributed by atoms with Gasteiger partial charge in [0.15, 0.2) is 11.5 Å². The van der Waals surface area contributed by atoms with Crippen molar-refractivity contribution in [1.82, 2.24) is 10.3 Å². The lowest BCUT2D eigenvalue weighted by Gasteiger charge is -2.11. The molecule has 0 atom stereocenters. The van der Waals surface area contributed by atoms with E-state index in [9.17, 15) is 4.79 Å². The molecule has 2 N–H and O–H groups in total. The third-order valence-electron chi connectivity index (χ3n) is 4.63. The van der Waals surface area contributed by atoms with E-state index in [1.165, 1.54) is 0 Å². The Balaban J connectivity index is 1.77. The van der Waals surface area contributed by atoms with Gasteiger partial charge < -0.3 is 29.2 Å². The highest BCUT2D eigenvalue weighted by atomic mass is 16.5. The molecule has 0 bridgehead atoms. The van der Waals surface area contributed by atoms with Gasteiger partial charge in [0.25, 0.3) is 5.91 Å². The fourth-order valence-electron chi connectivity index (χ4n) is 3.11. The molecule has 0 unspecified atom stereocenters. The Morgan fingerprint density at radius 3 is 2.28 bits per heavy atom. The van der Waals surface area contributed by atoms with Crippen LogP contribution in [-0.2, 0) is 17.9 Å². The average Bonchev–Trinajstić information content (AvgIpc) is 3.20. The molecule has 1 aromatic heterocycles. The van der Waals surface area contributed by atoms with Crippen LogP contribution in [0, 0.1) is 0 Å². The fourth-order valence-corrected chi connectivity index (χ4v) is 3.11. The highest BCUT2D eigenvalue weighted by Gasteiger charge is 2.19. The predicted molar refractivity (Wildman–Crippen MR) is 111 cm³/mol. The Morgan fingerprint density at radius 1 is 0.966 bits per heavy atom. The van der Waals surface area contributed by atoms with E-state index in [0.717, 1.165) is 16.5 Å².